The summed E-state index contributed by atoms with van der Waals surface area (Å²) in [4.78, 5) is 31.8. The molecule has 1 amide bonds. The van der Waals surface area contributed by atoms with Crippen molar-refractivity contribution in [3.63, 3.8) is 0 Å². The molecule has 1 atom stereocenters. The summed E-state index contributed by atoms with van der Waals surface area (Å²) < 4.78 is 3.24. The number of nitrogens with zero attached hydrogens (tertiary/aromatic N) is 5. The number of rotatable bonds is 4. The molecule has 1 aliphatic rings. The van der Waals surface area contributed by atoms with Crippen LogP contribution in [0.5, 0.6) is 0 Å². The van der Waals surface area contributed by atoms with Crippen molar-refractivity contribution in [2.24, 2.45) is 13.0 Å². The van der Waals surface area contributed by atoms with Crippen molar-refractivity contribution in [1.29, 1.82) is 0 Å². The van der Waals surface area contributed by atoms with Gasteiger partial charge in [0.25, 0.3) is 5.56 Å². The zero-order chi connectivity index (χ0) is 22.1. The number of benzene rings is 1. The molecule has 0 aliphatic carbocycles. The first-order valence-corrected chi connectivity index (χ1v) is 10.7. The Balaban J connectivity index is 1.42. The van der Waals surface area contributed by atoms with Crippen LogP contribution in [0.1, 0.15) is 12.8 Å². The fourth-order valence-corrected chi connectivity index (χ4v) is 4.19. The first-order valence-electron chi connectivity index (χ1n) is 10.7. The Labute approximate surface area is 185 Å². The molecule has 4 aromatic rings. The zero-order valence-corrected chi connectivity index (χ0v) is 17.8. The number of fused-ring (bicyclic) bond motifs is 1. The van der Waals surface area contributed by atoms with Gasteiger partial charge in [-0.25, -0.2) is 9.67 Å². The molecule has 1 aromatic carbocycles. The van der Waals surface area contributed by atoms with Gasteiger partial charge in [0.2, 0.25) is 5.91 Å². The van der Waals surface area contributed by atoms with E-state index in [0.717, 1.165) is 36.3 Å². The number of hydrogen-bond donors (Lipinski definition) is 1. The Morgan fingerprint density at radius 3 is 2.69 bits per heavy atom. The highest BCUT2D eigenvalue weighted by atomic mass is 16.2. The molecule has 1 aliphatic heterocycles. The molecule has 0 unspecified atom stereocenters. The number of amides is 1. The number of hydrogen-bond acceptors (Lipinski definition) is 5. The van der Waals surface area contributed by atoms with Crippen LogP contribution in [0.3, 0.4) is 0 Å². The molecule has 4 heterocycles. The Kier molecular flexibility index (Phi) is 5.18. The molecule has 0 spiro atoms. The van der Waals surface area contributed by atoms with Crippen molar-refractivity contribution >= 4 is 23.2 Å². The molecule has 8 nitrogen and oxygen atoms in total. The van der Waals surface area contributed by atoms with Crippen molar-refractivity contribution in [2.75, 3.05) is 23.3 Å². The summed E-state index contributed by atoms with van der Waals surface area (Å²) in [6, 6.07) is 18.9. The molecule has 1 N–H and O–H groups in total. The Morgan fingerprint density at radius 2 is 1.88 bits per heavy atom. The second-order valence-electron chi connectivity index (χ2n) is 8.03. The van der Waals surface area contributed by atoms with Crippen molar-refractivity contribution in [1.82, 2.24) is 19.2 Å². The highest BCUT2D eigenvalue weighted by Crippen LogP contribution is 2.30. The molecule has 1 fully saturated rings. The first-order chi connectivity index (χ1) is 15.6. The molecule has 1 saturated heterocycles. The lowest BCUT2D eigenvalue weighted by atomic mass is 9.97. The number of carbonyl (C=O) groups excluding carboxylic acids is 1. The smallest absolute Gasteiger partial charge is 0.266 e. The van der Waals surface area contributed by atoms with E-state index in [1.807, 2.05) is 59.1 Å². The summed E-state index contributed by atoms with van der Waals surface area (Å²) in [6.45, 7) is 1.36. The summed E-state index contributed by atoms with van der Waals surface area (Å²) in [6.07, 6.45) is 3.58. The molecular weight excluding hydrogens is 404 g/mol. The first kappa shape index (κ1) is 20.0. The number of carbonyl (C=O) groups is 1. The summed E-state index contributed by atoms with van der Waals surface area (Å²) in [5, 5.41) is 7.50. The van der Waals surface area contributed by atoms with Crippen LogP contribution in [0.15, 0.2) is 71.7 Å². The number of aromatic nitrogens is 4. The van der Waals surface area contributed by atoms with Crippen LogP contribution in [0.4, 0.5) is 11.6 Å². The fraction of sp³-hybridized carbons (Fsp3) is 0.250. The van der Waals surface area contributed by atoms with Gasteiger partial charge in [-0.2, -0.15) is 5.10 Å². The highest BCUT2D eigenvalue weighted by Gasteiger charge is 2.28. The monoisotopic (exact) mass is 428 g/mol. The molecule has 8 heteroatoms. The minimum atomic E-state index is -0.194. The van der Waals surface area contributed by atoms with Gasteiger partial charge in [-0.3, -0.25) is 14.0 Å². The lowest BCUT2D eigenvalue weighted by Gasteiger charge is -2.32. The third kappa shape index (κ3) is 3.75. The number of imidazole rings is 1. The summed E-state index contributed by atoms with van der Waals surface area (Å²) in [5.41, 5.74) is 2.33. The van der Waals surface area contributed by atoms with E-state index in [2.05, 4.69) is 15.3 Å². The number of nitrogens with one attached hydrogen (secondary N) is 1. The maximum absolute atomic E-state index is 13.3. The minimum Gasteiger partial charge on any atom is -0.354 e. The molecule has 0 bridgehead atoms. The van der Waals surface area contributed by atoms with E-state index in [1.165, 1.54) is 10.7 Å². The Morgan fingerprint density at radius 1 is 1.06 bits per heavy atom. The predicted octanol–water partition coefficient (Wildman–Crippen LogP) is 2.95. The van der Waals surface area contributed by atoms with Gasteiger partial charge in [-0.1, -0.05) is 36.4 Å². The number of anilines is 2. The highest BCUT2D eigenvalue weighted by molar-refractivity contribution is 5.96. The summed E-state index contributed by atoms with van der Waals surface area (Å²) in [5.74, 6) is 1.15. The zero-order valence-electron chi connectivity index (χ0n) is 17.8. The number of pyridine rings is 1. The van der Waals surface area contributed by atoms with Gasteiger partial charge >= 0.3 is 0 Å². The van der Waals surface area contributed by atoms with Gasteiger partial charge in [0, 0.05) is 38.0 Å². The predicted molar refractivity (Wildman–Crippen MR) is 124 cm³/mol. The molecule has 3 aromatic heterocycles. The largest absolute Gasteiger partial charge is 0.354 e. The van der Waals surface area contributed by atoms with Gasteiger partial charge in [0.05, 0.1) is 5.92 Å². The van der Waals surface area contributed by atoms with Crippen molar-refractivity contribution in [3.05, 3.63) is 77.2 Å². The van der Waals surface area contributed by atoms with Crippen LogP contribution >= 0.6 is 0 Å². The quantitative estimate of drug-likeness (QED) is 0.540. The fourth-order valence-electron chi connectivity index (χ4n) is 4.19. The van der Waals surface area contributed by atoms with Crippen LogP contribution in [0, 0.1) is 5.92 Å². The number of aryl methyl sites for hydroxylation is 1. The van der Waals surface area contributed by atoms with E-state index in [1.54, 1.807) is 13.1 Å². The van der Waals surface area contributed by atoms with E-state index in [0.29, 0.717) is 18.2 Å². The van der Waals surface area contributed by atoms with Crippen LogP contribution in [0.2, 0.25) is 0 Å². The average molecular weight is 428 g/mol. The summed E-state index contributed by atoms with van der Waals surface area (Å²) >= 11 is 0. The lowest BCUT2D eigenvalue weighted by molar-refractivity contribution is -0.120. The SMILES string of the molecule is Cn1nc(N2CCC[C@@H](C(=O)Nc3c(-c4ccccc4)nc4ccccn34)C2)ccc1=O. The molecule has 0 saturated carbocycles. The van der Waals surface area contributed by atoms with E-state index in [4.69, 9.17) is 4.98 Å². The molecular formula is C24H24N6O2. The van der Waals surface area contributed by atoms with Gasteiger partial charge in [-0.05, 0) is 31.0 Å². The van der Waals surface area contributed by atoms with Gasteiger partial charge in [-0.15, -0.1) is 0 Å². The maximum Gasteiger partial charge on any atom is 0.266 e. The molecule has 0 radical (unpaired) electrons. The van der Waals surface area contributed by atoms with Crippen molar-refractivity contribution in [2.45, 2.75) is 12.8 Å². The van der Waals surface area contributed by atoms with Gasteiger partial charge in [0.1, 0.15) is 23.0 Å². The third-order valence-electron chi connectivity index (χ3n) is 5.88. The van der Waals surface area contributed by atoms with E-state index in [-0.39, 0.29) is 17.4 Å². The van der Waals surface area contributed by atoms with E-state index < -0.39 is 0 Å². The van der Waals surface area contributed by atoms with Gasteiger partial charge < -0.3 is 10.2 Å². The minimum absolute atomic E-state index is 0.0395. The van der Waals surface area contributed by atoms with Crippen LogP contribution in [-0.4, -0.2) is 38.2 Å². The van der Waals surface area contributed by atoms with Crippen molar-refractivity contribution in [3.8, 4) is 11.3 Å². The maximum atomic E-state index is 13.3. The average Bonchev–Trinajstić information content (AvgIpc) is 3.20. The second-order valence-corrected chi connectivity index (χ2v) is 8.03. The van der Waals surface area contributed by atoms with Gasteiger partial charge in [0.15, 0.2) is 0 Å². The topological polar surface area (TPSA) is 84.5 Å². The second kappa shape index (κ2) is 8.30. The van der Waals surface area contributed by atoms with Crippen molar-refractivity contribution < 1.29 is 4.79 Å². The lowest BCUT2D eigenvalue weighted by Crippen LogP contribution is -2.42. The normalized spacial score (nSPS) is 16.3. The van der Waals surface area contributed by atoms with E-state index in [9.17, 15) is 9.59 Å². The van der Waals surface area contributed by atoms with Crippen LogP contribution in [-0.2, 0) is 11.8 Å². The molecule has 5 rings (SSSR count). The van der Waals surface area contributed by atoms with E-state index >= 15 is 0 Å². The molecule has 162 valence electrons. The molecule has 32 heavy (non-hydrogen) atoms. The Bertz CT molecular complexity index is 1330. The standard InChI is InChI=1S/C24H24N6O2/c1-28-21(31)13-12-20(27-28)29-14-7-10-18(16-29)24(32)26-23-22(17-8-3-2-4-9-17)25-19-11-5-6-15-30(19)23/h2-6,8-9,11-13,15,18H,7,10,14,16H2,1H3,(H,26,32)/t18-/m1/s1. The third-order valence-corrected chi connectivity index (χ3v) is 5.88. The number of piperidine rings is 1. The Hall–Kier alpha value is -3.94. The van der Waals surface area contributed by atoms with Crippen LogP contribution in [0.25, 0.3) is 16.9 Å². The summed E-state index contributed by atoms with van der Waals surface area (Å²) in [7, 11) is 1.63. The van der Waals surface area contributed by atoms with Crippen LogP contribution < -0.4 is 15.8 Å².